The van der Waals surface area contributed by atoms with E-state index in [9.17, 15) is 0 Å². The molecule has 0 aliphatic carbocycles. The second-order valence-electron chi connectivity index (χ2n) is 5.86. The van der Waals surface area contributed by atoms with E-state index in [1.807, 2.05) is 0 Å². The minimum Gasteiger partial charge on any atom is -0.376 e. The summed E-state index contributed by atoms with van der Waals surface area (Å²) in [4.78, 5) is 0. The van der Waals surface area contributed by atoms with Crippen LogP contribution in [0.5, 0.6) is 0 Å². The number of fused-ring (bicyclic) bond motifs is 3. The number of nitrogens with zero attached hydrogens (tertiary/aromatic N) is 1. The predicted molar refractivity (Wildman–Crippen MR) is 79.6 cm³/mol. The van der Waals surface area contributed by atoms with Crippen LogP contribution in [0.2, 0.25) is 0 Å². The minimum atomic E-state index is 0.227. The summed E-state index contributed by atoms with van der Waals surface area (Å²) in [6.07, 6.45) is 4.73. The monoisotopic (exact) mass is 268 g/mol. The van der Waals surface area contributed by atoms with Crippen LogP contribution in [0.3, 0.4) is 0 Å². The predicted octanol–water partition coefficient (Wildman–Crippen LogP) is 3.66. The molecule has 1 saturated heterocycles. The number of rotatable bonds is 1. The highest BCUT2D eigenvalue weighted by molar-refractivity contribution is 5.55. The Morgan fingerprint density at radius 1 is 1.20 bits per heavy atom. The highest BCUT2D eigenvalue weighted by Gasteiger charge is 2.41. The molecular formula is C17H20N2O. The molecule has 0 spiro atoms. The van der Waals surface area contributed by atoms with Crippen molar-refractivity contribution in [3.8, 4) is 0 Å². The maximum Gasteiger partial charge on any atom is 0.105 e. The summed E-state index contributed by atoms with van der Waals surface area (Å²) >= 11 is 0. The molecule has 0 amide bonds. The molecule has 3 nitrogen and oxygen atoms in total. The Hall–Kier alpha value is -1.74. The third-order valence-electron chi connectivity index (χ3n) is 4.66. The van der Waals surface area contributed by atoms with Gasteiger partial charge in [-0.15, -0.1) is 0 Å². The largest absolute Gasteiger partial charge is 0.376 e. The number of anilines is 1. The Morgan fingerprint density at radius 3 is 2.90 bits per heavy atom. The van der Waals surface area contributed by atoms with Gasteiger partial charge in [0.25, 0.3) is 0 Å². The number of aryl methyl sites for hydroxylation is 1. The van der Waals surface area contributed by atoms with Gasteiger partial charge in [0, 0.05) is 25.8 Å². The zero-order chi connectivity index (χ0) is 13.5. The lowest BCUT2D eigenvalue weighted by molar-refractivity contribution is -0.0420. The van der Waals surface area contributed by atoms with E-state index in [0.29, 0.717) is 12.0 Å². The summed E-state index contributed by atoms with van der Waals surface area (Å²) in [5.74, 6) is 0.521. The molecule has 3 heterocycles. The van der Waals surface area contributed by atoms with Crippen LogP contribution in [0.25, 0.3) is 0 Å². The lowest BCUT2D eigenvalue weighted by Gasteiger charge is -2.42. The van der Waals surface area contributed by atoms with Crippen molar-refractivity contribution in [2.24, 2.45) is 13.0 Å². The molecule has 1 aromatic heterocycles. The molecule has 3 heteroatoms. The molecule has 1 N–H and O–H groups in total. The molecule has 1 fully saturated rings. The van der Waals surface area contributed by atoms with E-state index >= 15 is 0 Å². The second kappa shape index (κ2) is 4.67. The van der Waals surface area contributed by atoms with Crippen molar-refractivity contribution in [2.45, 2.75) is 25.0 Å². The minimum absolute atomic E-state index is 0.227. The Labute approximate surface area is 119 Å². The Kier molecular flexibility index (Phi) is 2.81. The van der Waals surface area contributed by atoms with Crippen LogP contribution in [-0.4, -0.2) is 11.2 Å². The van der Waals surface area contributed by atoms with Crippen LogP contribution in [0.15, 0.2) is 42.6 Å². The summed E-state index contributed by atoms with van der Waals surface area (Å²) in [5, 5.41) is 3.73. The van der Waals surface area contributed by atoms with E-state index in [-0.39, 0.29) is 6.10 Å². The number of benzene rings is 1. The first-order valence-corrected chi connectivity index (χ1v) is 7.43. The molecule has 0 saturated carbocycles. The fourth-order valence-electron chi connectivity index (χ4n) is 3.71. The van der Waals surface area contributed by atoms with Gasteiger partial charge in [0.1, 0.15) is 6.10 Å². The summed E-state index contributed by atoms with van der Waals surface area (Å²) in [6, 6.07) is 13.3. The Balaban J connectivity index is 1.79. The fourth-order valence-corrected chi connectivity index (χ4v) is 3.71. The molecule has 20 heavy (non-hydrogen) atoms. The van der Waals surface area contributed by atoms with Gasteiger partial charge < -0.3 is 14.6 Å². The molecule has 2 aliphatic rings. The summed E-state index contributed by atoms with van der Waals surface area (Å²) in [7, 11) is 2.11. The van der Waals surface area contributed by atoms with Crippen molar-refractivity contribution >= 4 is 5.69 Å². The zero-order valence-corrected chi connectivity index (χ0v) is 11.8. The van der Waals surface area contributed by atoms with Crippen molar-refractivity contribution in [2.75, 3.05) is 11.9 Å². The van der Waals surface area contributed by atoms with Gasteiger partial charge >= 0.3 is 0 Å². The first kappa shape index (κ1) is 12.0. The fraction of sp³-hybridized carbons (Fsp3) is 0.412. The smallest absolute Gasteiger partial charge is 0.105 e. The average Bonchev–Trinajstić information content (AvgIpc) is 2.89. The number of nitrogens with one attached hydrogen (secondary N) is 1. The van der Waals surface area contributed by atoms with Crippen molar-refractivity contribution in [1.29, 1.82) is 0 Å². The lowest BCUT2D eigenvalue weighted by Crippen LogP contribution is -2.36. The van der Waals surface area contributed by atoms with Crippen molar-refractivity contribution in [3.05, 3.63) is 53.9 Å². The van der Waals surface area contributed by atoms with Crippen LogP contribution in [0.1, 0.15) is 36.2 Å². The van der Waals surface area contributed by atoms with E-state index in [4.69, 9.17) is 4.74 Å². The van der Waals surface area contributed by atoms with Gasteiger partial charge in [0.05, 0.1) is 17.4 Å². The van der Waals surface area contributed by atoms with Crippen molar-refractivity contribution in [1.82, 2.24) is 4.57 Å². The summed E-state index contributed by atoms with van der Waals surface area (Å²) < 4.78 is 8.34. The molecule has 3 unspecified atom stereocenters. The maximum atomic E-state index is 6.14. The van der Waals surface area contributed by atoms with Gasteiger partial charge in [-0.1, -0.05) is 30.3 Å². The van der Waals surface area contributed by atoms with Crippen molar-refractivity contribution < 1.29 is 4.74 Å². The molecule has 0 bridgehead atoms. The Morgan fingerprint density at radius 2 is 2.05 bits per heavy atom. The molecule has 3 atom stereocenters. The third kappa shape index (κ3) is 1.77. The molecule has 104 valence electrons. The van der Waals surface area contributed by atoms with Crippen LogP contribution < -0.4 is 5.32 Å². The molecule has 4 rings (SSSR count). The van der Waals surface area contributed by atoms with E-state index in [1.165, 1.54) is 23.4 Å². The SMILES string of the molecule is Cn1ccc2c1C1OCCCC1C(c1ccccc1)N2. The molecule has 1 aromatic carbocycles. The van der Waals surface area contributed by atoms with Crippen molar-refractivity contribution in [3.63, 3.8) is 0 Å². The van der Waals surface area contributed by atoms with Gasteiger partial charge in [-0.2, -0.15) is 0 Å². The van der Waals surface area contributed by atoms with Crippen LogP contribution in [0, 0.1) is 5.92 Å². The molecule has 0 radical (unpaired) electrons. The van der Waals surface area contributed by atoms with Gasteiger partial charge in [0.2, 0.25) is 0 Å². The van der Waals surface area contributed by atoms with E-state index in [0.717, 1.165) is 13.0 Å². The molecular weight excluding hydrogens is 248 g/mol. The van der Waals surface area contributed by atoms with Crippen LogP contribution in [0.4, 0.5) is 5.69 Å². The number of ether oxygens (including phenoxy) is 1. The summed E-state index contributed by atoms with van der Waals surface area (Å²) in [6.45, 7) is 0.882. The first-order valence-electron chi connectivity index (χ1n) is 7.43. The number of hydrogen-bond acceptors (Lipinski definition) is 2. The standard InChI is InChI=1S/C17H20N2O/c1-19-10-9-14-16(19)17-13(8-5-11-20-17)15(18-14)12-6-3-2-4-7-12/h2-4,6-7,9-10,13,15,17-18H,5,8,11H2,1H3. The van der Waals surface area contributed by atoms with Gasteiger partial charge in [-0.05, 0) is 24.5 Å². The van der Waals surface area contributed by atoms with E-state index < -0.39 is 0 Å². The van der Waals surface area contributed by atoms with E-state index in [1.54, 1.807) is 0 Å². The van der Waals surface area contributed by atoms with Gasteiger partial charge in [-0.3, -0.25) is 0 Å². The Bertz CT molecular complexity index is 605. The quantitative estimate of drug-likeness (QED) is 0.854. The topological polar surface area (TPSA) is 26.2 Å². The van der Waals surface area contributed by atoms with Gasteiger partial charge in [0.15, 0.2) is 0 Å². The molecule has 2 aliphatic heterocycles. The maximum absolute atomic E-state index is 6.14. The zero-order valence-electron chi connectivity index (χ0n) is 11.8. The lowest BCUT2D eigenvalue weighted by atomic mass is 9.79. The number of hydrogen-bond donors (Lipinski definition) is 1. The second-order valence-corrected chi connectivity index (χ2v) is 5.86. The third-order valence-corrected chi connectivity index (χ3v) is 4.66. The summed E-state index contributed by atoms with van der Waals surface area (Å²) in [5.41, 5.74) is 3.90. The normalized spacial score (nSPS) is 28.4. The van der Waals surface area contributed by atoms with Crippen LogP contribution in [-0.2, 0) is 11.8 Å². The highest BCUT2D eigenvalue weighted by atomic mass is 16.5. The average molecular weight is 268 g/mol. The van der Waals surface area contributed by atoms with Gasteiger partial charge in [-0.25, -0.2) is 0 Å². The molecule has 2 aromatic rings. The highest BCUT2D eigenvalue weighted by Crippen LogP contribution is 2.49. The number of aromatic nitrogens is 1. The van der Waals surface area contributed by atoms with E-state index in [2.05, 4.69) is 59.5 Å². The van der Waals surface area contributed by atoms with Crippen LogP contribution >= 0.6 is 0 Å². The first-order chi connectivity index (χ1) is 9.84.